The van der Waals surface area contributed by atoms with Crippen molar-refractivity contribution in [2.45, 2.75) is 6.23 Å². The number of nitrogens with one attached hydrogen (secondary N) is 1. The maximum Gasteiger partial charge on any atom is 0.165 e. The third-order valence-electron chi connectivity index (χ3n) is 0.999. The first-order chi connectivity index (χ1) is 4.20. The zero-order valence-electron chi connectivity index (χ0n) is 4.63. The Labute approximate surface area is 51.7 Å². The summed E-state index contributed by atoms with van der Waals surface area (Å²) in [5.74, 6) is -0.474. The standard InChI is InChI=1S/C5H7FN2O/c6-3-1-4(7)5(9)8-2-3/h1-2,5,8-9H,7H2. The molecule has 0 spiro atoms. The molecule has 1 heterocycles. The average Bonchev–Trinajstić information content (AvgIpc) is 1.80. The third kappa shape index (κ3) is 1.20. The minimum absolute atomic E-state index is 0.0926. The smallest absolute Gasteiger partial charge is 0.165 e. The largest absolute Gasteiger partial charge is 0.398 e. The second kappa shape index (κ2) is 2.06. The molecule has 1 aliphatic heterocycles. The first kappa shape index (κ1) is 6.10. The van der Waals surface area contributed by atoms with E-state index >= 15 is 0 Å². The van der Waals surface area contributed by atoms with Crippen LogP contribution in [0.1, 0.15) is 0 Å². The predicted molar refractivity (Wildman–Crippen MR) is 30.6 cm³/mol. The van der Waals surface area contributed by atoms with Gasteiger partial charge in [0.25, 0.3) is 0 Å². The Bertz CT molecular complexity index is 176. The Morgan fingerprint density at radius 3 is 2.89 bits per heavy atom. The summed E-state index contributed by atoms with van der Waals surface area (Å²) < 4.78 is 12.1. The van der Waals surface area contributed by atoms with Gasteiger partial charge in [0.15, 0.2) is 6.23 Å². The zero-order chi connectivity index (χ0) is 6.85. The summed E-state index contributed by atoms with van der Waals surface area (Å²) >= 11 is 0. The van der Waals surface area contributed by atoms with Gasteiger partial charge in [-0.3, -0.25) is 0 Å². The van der Waals surface area contributed by atoms with E-state index in [0.29, 0.717) is 0 Å². The molecule has 0 fully saturated rings. The number of halogens is 1. The molecule has 4 heteroatoms. The van der Waals surface area contributed by atoms with Gasteiger partial charge in [-0.05, 0) is 6.08 Å². The topological polar surface area (TPSA) is 58.3 Å². The third-order valence-corrected chi connectivity index (χ3v) is 0.999. The Hall–Kier alpha value is -1.03. The molecule has 0 bridgehead atoms. The molecular weight excluding hydrogens is 123 g/mol. The first-order valence-corrected chi connectivity index (χ1v) is 2.47. The highest BCUT2D eigenvalue weighted by Crippen LogP contribution is 2.06. The highest BCUT2D eigenvalue weighted by Gasteiger charge is 2.09. The summed E-state index contributed by atoms with van der Waals surface area (Å²) in [6.07, 6.45) is 1.19. The van der Waals surface area contributed by atoms with Crippen molar-refractivity contribution in [1.82, 2.24) is 5.32 Å². The van der Waals surface area contributed by atoms with E-state index in [1.807, 2.05) is 0 Å². The number of allylic oxidation sites excluding steroid dienone is 2. The molecule has 1 unspecified atom stereocenters. The van der Waals surface area contributed by atoms with Crippen molar-refractivity contribution in [1.29, 1.82) is 0 Å². The van der Waals surface area contributed by atoms with E-state index in [-0.39, 0.29) is 5.70 Å². The fourth-order valence-electron chi connectivity index (χ4n) is 0.535. The Kier molecular flexibility index (Phi) is 1.40. The summed E-state index contributed by atoms with van der Waals surface area (Å²) in [7, 11) is 0. The van der Waals surface area contributed by atoms with Crippen molar-refractivity contribution in [2.75, 3.05) is 0 Å². The lowest BCUT2D eigenvalue weighted by Crippen LogP contribution is -2.32. The molecule has 50 valence electrons. The van der Waals surface area contributed by atoms with Gasteiger partial charge in [0.05, 0.1) is 5.70 Å². The fourth-order valence-corrected chi connectivity index (χ4v) is 0.535. The second-order valence-electron chi connectivity index (χ2n) is 1.74. The van der Waals surface area contributed by atoms with Crippen molar-refractivity contribution < 1.29 is 9.50 Å². The first-order valence-electron chi connectivity index (χ1n) is 2.47. The highest BCUT2D eigenvalue weighted by atomic mass is 19.1. The van der Waals surface area contributed by atoms with Crippen LogP contribution in [0.2, 0.25) is 0 Å². The summed E-state index contributed by atoms with van der Waals surface area (Å²) in [5.41, 5.74) is 5.23. The van der Waals surface area contributed by atoms with E-state index in [4.69, 9.17) is 10.8 Å². The van der Waals surface area contributed by atoms with Crippen LogP contribution in [0.3, 0.4) is 0 Å². The zero-order valence-corrected chi connectivity index (χ0v) is 4.63. The molecule has 0 amide bonds. The lowest BCUT2D eigenvalue weighted by atomic mass is 10.3. The van der Waals surface area contributed by atoms with Crippen molar-refractivity contribution in [2.24, 2.45) is 5.73 Å². The van der Waals surface area contributed by atoms with Crippen molar-refractivity contribution in [3.05, 3.63) is 23.8 Å². The van der Waals surface area contributed by atoms with Gasteiger partial charge in [-0.2, -0.15) is 0 Å². The van der Waals surface area contributed by atoms with Crippen LogP contribution in [0.25, 0.3) is 0 Å². The molecule has 0 aromatic rings. The number of hydrogen-bond donors (Lipinski definition) is 3. The number of nitrogens with two attached hydrogens (primary N) is 1. The van der Waals surface area contributed by atoms with Crippen LogP contribution in [0.4, 0.5) is 4.39 Å². The van der Waals surface area contributed by atoms with Gasteiger partial charge in [-0.15, -0.1) is 0 Å². The Balaban J connectivity index is 2.74. The molecule has 0 saturated heterocycles. The summed E-state index contributed by atoms with van der Waals surface area (Å²) in [4.78, 5) is 0. The van der Waals surface area contributed by atoms with Crippen molar-refractivity contribution in [3.8, 4) is 0 Å². The number of rotatable bonds is 0. The normalized spacial score (nSPS) is 26.2. The number of aliphatic hydroxyl groups excluding tert-OH is 1. The van der Waals surface area contributed by atoms with Crippen molar-refractivity contribution in [3.63, 3.8) is 0 Å². The van der Waals surface area contributed by atoms with E-state index < -0.39 is 12.1 Å². The fraction of sp³-hybridized carbons (Fsp3) is 0.200. The molecule has 9 heavy (non-hydrogen) atoms. The van der Waals surface area contributed by atoms with Gasteiger partial charge in [0, 0.05) is 6.20 Å². The van der Waals surface area contributed by atoms with Crippen molar-refractivity contribution >= 4 is 0 Å². The van der Waals surface area contributed by atoms with E-state index in [2.05, 4.69) is 5.32 Å². The SMILES string of the molecule is NC1=CC(F)=CNC1O. The van der Waals surface area contributed by atoms with Crippen LogP contribution >= 0.6 is 0 Å². The molecule has 1 rings (SSSR count). The summed E-state index contributed by atoms with van der Waals surface area (Å²) in [6.45, 7) is 0. The van der Waals surface area contributed by atoms with Gasteiger partial charge in [0.1, 0.15) is 5.83 Å². The van der Waals surface area contributed by atoms with E-state index in [1.165, 1.54) is 0 Å². The predicted octanol–water partition coefficient (Wildman–Crippen LogP) is -0.439. The summed E-state index contributed by atoms with van der Waals surface area (Å²) in [6, 6.07) is 0. The summed E-state index contributed by atoms with van der Waals surface area (Å²) in [5, 5.41) is 11.1. The number of hydrogen-bond acceptors (Lipinski definition) is 3. The van der Waals surface area contributed by atoms with Gasteiger partial charge >= 0.3 is 0 Å². The Morgan fingerprint density at radius 2 is 2.44 bits per heavy atom. The van der Waals surface area contributed by atoms with E-state index in [0.717, 1.165) is 12.3 Å². The van der Waals surface area contributed by atoms with Crippen LogP contribution in [0.5, 0.6) is 0 Å². The molecule has 4 N–H and O–H groups in total. The monoisotopic (exact) mass is 130 g/mol. The molecule has 3 nitrogen and oxygen atoms in total. The van der Waals surface area contributed by atoms with Crippen LogP contribution in [-0.2, 0) is 0 Å². The number of dihydropyridines is 1. The lowest BCUT2D eigenvalue weighted by molar-refractivity contribution is 0.184. The minimum atomic E-state index is -0.940. The van der Waals surface area contributed by atoms with Crippen LogP contribution in [0.15, 0.2) is 23.8 Å². The molecule has 1 aliphatic rings. The molecule has 0 aromatic heterocycles. The minimum Gasteiger partial charge on any atom is -0.398 e. The lowest BCUT2D eigenvalue weighted by Gasteiger charge is -2.14. The quantitative estimate of drug-likeness (QED) is 0.416. The molecule has 1 atom stereocenters. The van der Waals surface area contributed by atoms with Crippen LogP contribution < -0.4 is 11.1 Å². The van der Waals surface area contributed by atoms with Gasteiger partial charge in [0.2, 0.25) is 0 Å². The van der Waals surface area contributed by atoms with Gasteiger partial charge < -0.3 is 16.2 Å². The molecular formula is C5H7FN2O. The highest BCUT2D eigenvalue weighted by molar-refractivity contribution is 5.22. The van der Waals surface area contributed by atoms with Gasteiger partial charge in [-0.1, -0.05) is 0 Å². The number of aliphatic hydroxyl groups is 1. The molecule has 0 aromatic carbocycles. The molecule has 0 aliphatic carbocycles. The second-order valence-corrected chi connectivity index (χ2v) is 1.74. The maximum atomic E-state index is 12.1. The molecule has 0 radical (unpaired) electrons. The van der Waals surface area contributed by atoms with Gasteiger partial charge in [-0.25, -0.2) is 4.39 Å². The Morgan fingerprint density at radius 1 is 1.78 bits per heavy atom. The average molecular weight is 130 g/mol. The molecule has 0 saturated carbocycles. The van der Waals surface area contributed by atoms with E-state index in [9.17, 15) is 4.39 Å². The van der Waals surface area contributed by atoms with Crippen LogP contribution in [-0.4, -0.2) is 11.3 Å². The maximum absolute atomic E-state index is 12.1. The van der Waals surface area contributed by atoms with Crippen LogP contribution in [0, 0.1) is 0 Å². The van der Waals surface area contributed by atoms with E-state index in [1.54, 1.807) is 0 Å².